The van der Waals surface area contributed by atoms with Gasteiger partial charge in [0.15, 0.2) is 6.10 Å². The molecule has 2 aromatic rings. The Morgan fingerprint density at radius 2 is 1.78 bits per heavy atom. The van der Waals surface area contributed by atoms with Crippen LogP contribution in [0.1, 0.15) is 13.3 Å². The van der Waals surface area contributed by atoms with Crippen LogP contribution in [0.15, 0.2) is 42.5 Å². The normalized spacial score (nSPS) is 11.7. The number of halogens is 2. The molecule has 1 N–H and O–H groups in total. The predicted molar refractivity (Wildman–Crippen MR) is 92.8 cm³/mol. The van der Waals surface area contributed by atoms with Gasteiger partial charge in [-0.05, 0) is 42.8 Å². The number of amides is 1. The molecule has 0 aromatic heterocycles. The minimum absolute atomic E-state index is 0.285. The molecule has 0 saturated heterocycles. The van der Waals surface area contributed by atoms with E-state index in [9.17, 15) is 4.79 Å². The van der Waals surface area contributed by atoms with E-state index >= 15 is 0 Å². The van der Waals surface area contributed by atoms with Crippen LogP contribution in [0.4, 0.5) is 5.69 Å². The molecule has 0 aliphatic carbocycles. The summed E-state index contributed by atoms with van der Waals surface area (Å²) >= 11 is 12.0. The molecule has 0 aliphatic rings. The van der Waals surface area contributed by atoms with E-state index in [-0.39, 0.29) is 5.91 Å². The topological polar surface area (TPSA) is 47.6 Å². The summed E-state index contributed by atoms with van der Waals surface area (Å²) < 4.78 is 10.8. The third-order valence-corrected chi connectivity index (χ3v) is 4.03. The van der Waals surface area contributed by atoms with Crippen LogP contribution in [0.5, 0.6) is 11.5 Å². The molecule has 0 fully saturated rings. The Balaban J connectivity index is 2.07. The zero-order valence-corrected chi connectivity index (χ0v) is 14.3. The van der Waals surface area contributed by atoms with Crippen molar-refractivity contribution in [2.75, 3.05) is 12.4 Å². The van der Waals surface area contributed by atoms with Crippen LogP contribution in [0.25, 0.3) is 0 Å². The van der Waals surface area contributed by atoms with Gasteiger partial charge in [-0.25, -0.2) is 0 Å². The summed E-state index contributed by atoms with van der Waals surface area (Å²) in [6.07, 6.45) is -0.130. The fourth-order valence-corrected chi connectivity index (χ4v) is 2.30. The van der Waals surface area contributed by atoms with Crippen LogP contribution < -0.4 is 14.8 Å². The van der Waals surface area contributed by atoms with E-state index in [0.29, 0.717) is 27.9 Å². The number of carbonyl (C=O) groups is 1. The second kappa shape index (κ2) is 8.09. The predicted octanol–water partition coefficient (Wildman–Crippen LogP) is 4.80. The first-order valence-corrected chi connectivity index (χ1v) is 7.86. The van der Waals surface area contributed by atoms with Crippen molar-refractivity contribution in [1.29, 1.82) is 0 Å². The van der Waals surface area contributed by atoms with Gasteiger partial charge in [0, 0.05) is 0 Å². The number of anilines is 1. The fourth-order valence-electron chi connectivity index (χ4n) is 1.95. The van der Waals surface area contributed by atoms with Crippen LogP contribution in [-0.4, -0.2) is 19.1 Å². The molecule has 0 radical (unpaired) electrons. The number of benzene rings is 2. The van der Waals surface area contributed by atoms with Gasteiger partial charge in [0.2, 0.25) is 0 Å². The average molecular weight is 354 g/mol. The van der Waals surface area contributed by atoms with Crippen molar-refractivity contribution in [3.63, 3.8) is 0 Å². The maximum Gasteiger partial charge on any atom is 0.265 e. The van der Waals surface area contributed by atoms with Crippen LogP contribution in [-0.2, 0) is 4.79 Å². The number of hydrogen-bond acceptors (Lipinski definition) is 3. The van der Waals surface area contributed by atoms with Gasteiger partial charge in [-0.2, -0.15) is 0 Å². The van der Waals surface area contributed by atoms with Crippen molar-refractivity contribution in [3.8, 4) is 11.5 Å². The van der Waals surface area contributed by atoms with Crippen molar-refractivity contribution < 1.29 is 14.3 Å². The van der Waals surface area contributed by atoms with Crippen molar-refractivity contribution in [3.05, 3.63) is 52.5 Å². The summed E-state index contributed by atoms with van der Waals surface area (Å²) in [7, 11) is 1.59. The largest absolute Gasteiger partial charge is 0.497 e. The van der Waals surface area contributed by atoms with Crippen molar-refractivity contribution >= 4 is 34.8 Å². The van der Waals surface area contributed by atoms with Crippen molar-refractivity contribution in [2.24, 2.45) is 0 Å². The zero-order valence-electron chi connectivity index (χ0n) is 12.8. The highest BCUT2D eigenvalue weighted by molar-refractivity contribution is 6.44. The molecular formula is C17H17Cl2NO3. The van der Waals surface area contributed by atoms with E-state index in [1.54, 1.807) is 49.6 Å². The zero-order chi connectivity index (χ0) is 16.8. The Morgan fingerprint density at radius 3 is 2.39 bits per heavy atom. The highest BCUT2D eigenvalue weighted by atomic mass is 35.5. The molecule has 0 bridgehead atoms. The molecule has 4 nitrogen and oxygen atoms in total. The van der Waals surface area contributed by atoms with Crippen molar-refractivity contribution in [1.82, 2.24) is 0 Å². The number of hydrogen-bond donors (Lipinski definition) is 1. The number of ether oxygens (including phenoxy) is 2. The number of nitrogens with one attached hydrogen (secondary N) is 1. The first kappa shape index (κ1) is 17.4. The molecule has 1 atom stereocenters. The second-order valence-electron chi connectivity index (χ2n) is 4.78. The Labute approximate surface area is 145 Å². The van der Waals surface area contributed by atoms with Gasteiger partial charge in [0.05, 0.1) is 22.8 Å². The number of methoxy groups -OCH3 is 1. The lowest BCUT2D eigenvalue weighted by Gasteiger charge is -2.18. The summed E-state index contributed by atoms with van der Waals surface area (Å²) in [5, 5.41) is 3.43. The Morgan fingerprint density at radius 1 is 1.13 bits per heavy atom. The van der Waals surface area contributed by atoms with Gasteiger partial charge in [0.25, 0.3) is 5.91 Å². The van der Waals surface area contributed by atoms with E-state index < -0.39 is 6.10 Å². The summed E-state index contributed by atoms with van der Waals surface area (Å²) in [5.41, 5.74) is 0.459. The molecule has 122 valence electrons. The molecule has 2 aromatic carbocycles. The summed E-state index contributed by atoms with van der Waals surface area (Å²) in [6.45, 7) is 1.87. The Kier molecular flexibility index (Phi) is 6.13. The minimum Gasteiger partial charge on any atom is -0.497 e. The molecule has 1 amide bonds. The van der Waals surface area contributed by atoms with Gasteiger partial charge in [-0.15, -0.1) is 0 Å². The van der Waals surface area contributed by atoms with E-state index in [4.69, 9.17) is 32.7 Å². The van der Waals surface area contributed by atoms with E-state index in [1.165, 1.54) is 0 Å². The number of rotatable bonds is 6. The summed E-state index contributed by atoms with van der Waals surface area (Å²) in [6, 6.07) is 12.1. The maximum atomic E-state index is 12.4. The summed E-state index contributed by atoms with van der Waals surface area (Å²) in [5.74, 6) is 1.03. The molecule has 23 heavy (non-hydrogen) atoms. The minimum atomic E-state index is -0.640. The highest BCUT2D eigenvalue weighted by Gasteiger charge is 2.20. The number of carbonyl (C=O) groups excluding carboxylic acids is 1. The van der Waals surface area contributed by atoms with E-state index in [0.717, 1.165) is 5.75 Å². The fraction of sp³-hybridized carbons (Fsp3) is 0.235. The third kappa shape index (κ3) is 4.53. The maximum absolute atomic E-state index is 12.4. The average Bonchev–Trinajstić information content (AvgIpc) is 2.57. The molecular weight excluding hydrogens is 337 g/mol. The van der Waals surface area contributed by atoms with Gasteiger partial charge < -0.3 is 14.8 Å². The van der Waals surface area contributed by atoms with Crippen LogP contribution in [0.2, 0.25) is 10.0 Å². The standard InChI is InChI=1S/C17H17Cl2NO3/c1-3-15(23-12-9-7-11(22-2)8-10-12)17(21)20-14-6-4-5-13(18)16(14)19/h4-10,15H,3H2,1-2H3,(H,20,21)/t15-/m1/s1. The molecule has 0 spiro atoms. The molecule has 0 aliphatic heterocycles. The van der Waals surface area contributed by atoms with Crippen LogP contribution >= 0.6 is 23.2 Å². The first-order chi connectivity index (χ1) is 11.0. The Hall–Kier alpha value is -1.91. The SMILES string of the molecule is CC[C@@H](Oc1ccc(OC)cc1)C(=O)Nc1cccc(Cl)c1Cl. The highest BCUT2D eigenvalue weighted by Crippen LogP contribution is 2.30. The van der Waals surface area contributed by atoms with Gasteiger partial charge in [-0.1, -0.05) is 36.2 Å². The van der Waals surface area contributed by atoms with Gasteiger partial charge in [0.1, 0.15) is 11.5 Å². The van der Waals surface area contributed by atoms with Gasteiger partial charge >= 0.3 is 0 Å². The first-order valence-electron chi connectivity index (χ1n) is 7.10. The van der Waals surface area contributed by atoms with E-state index in [2.05, 4.69) is 5.32 Å². The molecule has 0 heterocycles. The Bertz CT molecular complexity index is 674. The summed E-state index contributed by atoms with van der Waals surface area (Å²) in [4.78, 5) is 12.4. The van der Waals surface area contributed by atoms with Gasteiger partial charge in [-0.3, -0.25) is 4.79 Å². The molecule has 0 unspecified atom stereocenters. The lowest BCUT2D eigenvalue weighted by molar-refractivity contribution is -0.122. The van der Waals surface area contributed by atoms with E-state index in [1.807, 2.05) is 6.92 Å². The lowest BCUT2D eigenvalue weighted by Crippen LogP contribution is -2.32. The molecule has 0 saturated carbocycles. The smallest absolute Gasteiger partial charge is 0.265 e. The van der Waals surface area contributed by atoms with Crippen LogP contribution in [0, 0.1) is 0 Å². The lowest BCUT2D eigenvalue weighted by atomic mass is 10.2. The van der Waals surface area contributed by atoms with Crippen LogP contribution in [0.3, 0.4) is 0 Å². The molecule has 6 heteroatoms. The monoisotopic (exact) mass is 353 g/mol. The second-order valence-corrected chi connectivity index (χ2v) is 5.57. The molecule has 2 rings (SSSR count). The van der Waals surface area contributed by atoms with Crippen molar-refractivity contribution in [2.45, 2.75) is 19.4 Å². The quantitative estimate of drug-likeness (QED) is 0.811. The third-order valence-electron chi connectivity index (χ3n) is 3.21.